The molecule has 3 nitrogen and oxygen atoms in total. The number of nitrogens with one attached hydrogen (secondary N) is 1. The Bertz CT molecular complexity index is 576. The lowest BCUT2D eigenvalue weighted by molar-refractivity contribution is -0.120. The molecule has 0 atom stereocenters. The molecule has 1 heterocycles. The summed E-state index contributed by atoms with van der Waals surface area (Å²) in [5.74, 6) is -0.179. The third-order valence-corrected chi connectivity index (χ3v) is 3.83. The molecule has 1 aromatic carbocycles. The van der Waals surface area contributed by atoms with Gasteiger partial charge in [-0.15, -0.1) is 11.3 Å². The molecular formula is C13H10Cl2N2OS. The van der Waals surface area contributed by atoms with Crippen LogP contribution in [-0.4, -0.2) is 12.1 Å². The summed E-state index contributed by atoms with van der Waals surface area (Å²) < 4.78 is 0. The van der Waals surface area contributed by atoms with Crippen LogP contribution in [0.5, 0.6) is 0 Å². The van der Waals surface area contributed by atoms with Gasteiger partial charge in [0.1, 0.15) is 0 Å². The lowest BCUT2D eigenvalue weighted by Gasteiger charge is -2.01. The summed E-state index contributed by atoms with van der Waals surface area (Å²) in [5.41, 5.74) is 3.03. The van der Waals surface area contributed by atoms with Gasteiger partial charge in [0, 0.05) is 10.4 Å². The van der Waals surface area contributed by atoms with Crippen LogP contribution in [0.15, 0.2) is 40.8 Å². The van der Waals surface area contributed by atoms with Crippen LogP contribution in [-0.2, 0) is 11.2 Å². The predicted octanol–water partition coefficient (Wildman–Crippen LogP) is 3.75. The lowest BCUT2D eigenvalue weighted by Crippen LogP contribution is -2.19. The molecule has 0 aliphatic rings. The first-order valence-corrected chi connectivity index (χ1v) is 7.08. The van der Waals surface area contributed by atoms with Crippen molar-refractivity contribution in [1.82, 2.24) is 5.43 Å². The molecule has 0 radical (unpaired) electrons. The molecule has 6 heteroatoms. The predicted molar refractivity (Wildman–Crippen MR) is 80.2 cm³/mol. The van der Waals surface area contributed by atoms with Gasteiger partial charge in [-0.1, -0.05) is 35.3 Å². The fourth-order valence-corrected chi connectivity index (χ4v) is 2.61. The third-order valence-electron chi connectivity index (χ3n) is 2.30. The summed E-state index contributed by atoms with van der Waals surface area (Å²) in [6.07, 6.45) is 1.75. The maximum Gasteiger partial charge on any atom is 0.245 e. The van der Waals surface area contributed by atoms with Gasteiger partial charge in [0.15, 0.2) is 0 Å². The van der Waals surface area contributed by atoms with Gasteiger partial charge in [-0.2, -0.15) is 5.10 Å². The standard InChI is InChI=1S/C13H10Cl2N2OS/c14-11-4-1-5-12(15)10(11)8-16-17-13(18)7-9-3-2-6-19-9/h1-6,8H,7H2,(H,17,18). The van der Waals surface area contributed by atoms with Crippen molar-refractivity contribution in [3.8, 4) is 0 Å². The first-order valence-electron chi connectivity index (χ1n) is 5.45. The fourth-order valence-electron chi connectivity index (χ4n) is 1.41. The second kappa shape index (κ2) is 6.70. The molecule has 0 aliphatic carbocycles. The summed E-state index contributed by atoms with van der Waals surface area (Å²) in [6, 6.07) is 8.97. The smallest absolute Gasteiger partial charge is 0.245 e. The van der Waals surface area contributed by atoms with Crippen molar-refractivity contribution in [2.45, 2.75) is 6.42 Å². The van der Waals surface area contributed by atoms with Crippen molar-refractivity contribution in [3.63, 3.8) is 0 Å². The van der Waals surface area contributed by atoms with E-state index in [2.05, 4.69) is 10.5 Å². The van der Waals surface area contributed by atoms with Gasteiger partial charge < -0.3 is 0 Å². The molecule has 98 valence electrons. The average molecular weight is 313 g/mol. The second-order valence-corrected chi connectivity index (χ2v) is 5.53. The van der Waals surface area contributed by atoms with Crippen molar-refractivity contribution >= 4 is 46.7 Å². The number of amides is 1. The van der Waals surface area contributed by atoms with Crippen molar-refractivity contribution in [1.29, 1.82) is 0 Å². The minimum absolute atomic E-state index is 0.179. The molecule has 19 heavy (non-hydrogen) atoms. The zero-order valence-corrected chi connectivity index (χ0v) is 12.1. The number of nitrogens with zero attached hydrogens (tertiary/aromatic N) is 1. The molecule has 0 saturated carbocycles. The summed E-state index contributed by atoms with van der Waals surface area (Å²) in [4.78, 5) is 12.6. The Morgan fingerprint density at radius 3 is 2.63 bits per heavy atom. The van der Waals surface area contributed by atoms with E-state index in [-0.39, 0.29) is 5.91 Å². The van der Waals surface area contributed by atoms with Crippen LogP contribution in [0, 0.1) is 0 Å². The van der Waals surface area contributed by atoms with Gasteiger partial charge >= 0.3 is 0 Å². The Labute approximate surface area is 124 Å². The van der Waals surface area contributed by atoms with Gasteiger partial charge in [-0.3, -0.25) is 4.79 Å². The minimum atomic E-state index is -0.179. The largest absolute Gasteiger partial charge is 0.273 e. The molecule has 1 amide bonds. The van der Waals surface area contributed by atoms with E-state index in [1.165, 1.54) is 17.6 Å². The number of benzene rings is 1. The van der Waals surface area contributed by atoms with Gasteiger partial charge in [0.25, 0.3) is 0 Å². The average Bonchev–Trinajstić information content (AvgIpc) is 2.85. The highest BCUT2D eigenvalue weighted by Crippen LogP contribution is 2.21. The monoisotopic (exact) mass is 312 g/mol. The van der Waals surface area contributed by atoms with E-state index < -0.39 is 0 Å². The molecule has 2 rings (SSSR count). The molecule has 0 bridgehead atoms. The molecular weight excluding hydrogens is 303 g/mol. The number of rotatable bonds is 4. The SMILES string of the molecule is O=C(Cc1cccs1)NN=Cc1c(Cl)cccc1Cl. The zero-order chi connectivity index (χ0) is 13.7. The molecule has 0 spiro atoms. The van der Waals surface area contributed by atoms with Crippen molar-refractivity contribution < 1.29 is 4.79 Å². The summed E-state index contributed by atoms with van der Waals surface area (Å²) in [5, 5.41) is 6.76. The number of thiophene rings is 1. The summed E-state index contributed by atoms with van der Waals surface area (Å²) in [6.45, 7) is 0. The molecule has 0 aliphatic heterocycles. The highest BCUT2D eigenvalue weighted by molar-refractivity contribution is 7.10. The summed E-state index contributed by atoms with van der Waals surface area (Å²) in [7, 11) is 0. The zero-order valence-electron chi connectivity index (χ0n) is 9.77. The van der Waals surface area contributed by atoms with E-state index in [1.54, 1.807) is 18.2 Å². The van der Waals surface area contributed by atoms with Gasteiger partial charge in [-0.05, 0) is 23.6 Å². The van der Waals surface area contributed by atoms with Crippen molar-refractivity contribution in [2.24, 2.45) is 5.10 Å². The number of hydrogen-bond acceptors (Lipinski definition) is 3. The first-order chi connectivity index (χ1) is 9.16. The van der Waals surface area contributed by atoms with Crippen LogP contribution in [0.4, 0.5) is 0 Å². The maximum atomic E-state index is 11.6. The van der Waals surface area contributed by atoms with E-state index in [0.717, 1.165) is 4.88 Å². The Hall–Kier alpha value is -1.36. The van der Waals surface area contributed by atoms with E-state index in [4.69, 9.17) is 23.2 Å². The molecule has 2 aromatic rings. The molecule has 1 N–H and O–H groups in total. The van der Waals surface area contributed by atoms with Crippen LogP contribution in [0.1, 0.15) is 10.4 Å². The normalized spacial score (nSPS) is 10.8. The third kappa shape index (κ3) is 4.06. The number of hydrazone groups is 1. The number of hydrogen-bond donors (Lipinski definition) is 1. The van der Waals surface area contributed by atoms with Gasteiger partial charge in [-0.25, -0.2) is 5.43 Å². The van der Waals surface area contributed by atoms with Crippen LogP contribution >= 0.6 is 34.5 Å². The van der Waals surface area contributed by atoms with Crippen LogP contribution < -0.4 is 5.43 Å². The van der Waals surface area contributed by atoms with Crippen molar-refractivity contribution in [2.75, 3.05) is 0 Å². The van der Waals surface area contributed by atoms with Crippen LogP contribution in [0.2, 0.25) is 10.0 Å². The van der Waals surface area contributed by atoms with Gasteiger partial charge in [0.2, 0.25) is 5.91 Å². The Morgan fingerprint density at radius 1 is 1.26 bits per heavy atom. The Morgan fingerprint density at radius 2 is 2.00 bits per heavy atom. The summed E-state index contributed by atoms with van der Waals surface area (Å²) >= 11 is 13.5. The van der Waals surface area contributed by atoms with Gasteiger partial charge in [0.05, 0.1) is 22.7 Å². The van der Waals surface area contributed by atoms with Crippen molar-refractivity contribution in [3.05, 3.63) is 56.2 Å². The van der Waals surface area contributed by atoms with E-state index in [0.29, 0.717) is 22.0 Å². The molecule has 1 aromatic heterocycles. The second-order valence-electron chi connectivity index (χ2n) is 3.68. The first kappa shape index (κ1) is 14.1. The lowest BCUT2D eigenvalue weighted by atomic mass is 10.2. The van der Waals surface area contributed by atoms with E-state index in [1.807, 2.05) is 17.5 Å². The maximum absolute atomic E-state index is 11.6. The van der Waals surface area contributed by atoms with Crippen LogP contribution in [0.25, 0.3) is 0 Å². The number of halogens is 2. The van der Waals surface area contributed by atoms with E-state index in [9.17, 15) is 4.79 Å². The number of carbonyl (C=O) groups is 1. The highest BCUT2D eigenvalue weighted by Gasteiger charge is 2.04. The highest BCUT2D eigenvalue weighted by atomic mass is 35.5. The fraction of sp³-hybridized carbons (Fsp3) is 0.0769. The number of carbonyl (C=O) groups excluding carboxylic acids is 1. The Kier molecular flexibility index (Phi) is 4.96. The van der Waals surface area contributed by atoms with E-state index >= 15 is 0 Å². The molecule has 0 unspecified atom stereocenters. The van der Waals surface area contributed by atoms with Crippen LogP contribution in [0.3, 0.4) is 0 Å². The minimum Gasteiger partial charge on any atom is -0.273 e. The topological polar surface area (TPSA) is 41.5 Å². The Balaban J connectivity index is 1.95. The molecule has 0 fully saturated rings. The molecule has 0 saturated heterocycles. The quantitative estimate of drug-likeness (QED) is 0.678.